The number of anilines is 2. The molecule has 2 N–H and O–H groups in total. The fraction of sp³-hybridized carbons (Fsp3) is 0.238. The molecule has 0 spiro atoms. The van der Waals surface area contributed by atoms with Crippen molar-refractivity contribution in [2.75, 3.05) is 23.3 Å². The Morgan fingerprint density at radius 2 is 1.88 bits per heavy atom. The average Bonchev–Trinajstić information content (AvgIpc) is 3.20. The van der Waals surface area contributed by atoms with Crippen LogP contribution in [-0.2, 0) is 0 Å². The Morgan fingerprint density at radius 1 is 1.16 bits per heavy atom. The van der Waals surface area contributed by atoms with Gasteiger partial charge < -0.3 is 20.1 Å². The molecule has 1 atom stereocenters. The summed E-state index contributed by atoms with van der Waals surface area (Å²) in [7, 11) is 0. The molecule has 1 aliphatic rings. The largest absolute Gasteiger partial charge is 0.573 e. The number of ether oxygens (including phenoxy) is 1. The van der Waals surface area contributed by atoms with Crippen molar-refractivity contribution in [1.29, 1.82) is 0 Å². The molecule has 2 aromatic heterocycles. The molecule has 0 bridgehead atoms. The van der Waals surface area contributed by atoms with Gasteiger partial charge in [-0.15, -0.1) is 13.2 Å². The second-order valence-corrected chi connectivity index (χ2v) is 7.14. The van der Waals surface area contributed by atoms with Crippen LogP contribution < -0.4 is 15.0 Å². The van der Waals surface area contributed by atoms with E-state index in [9.17, 15) is 23.1 Å². The van der Waals surface area contributed by atoms with Crippen molar-refractivity contribution in [3.63, 3.8) is 0 Å². The van der Waals surface area contributed by atoms with E-state index in [1.54, 1.807) is 18.5 Å². The van der Waals surface area contributed by atoms with Gasteiger partial charge in [0.25, 0.3) is 5.91 Å². The van der Waals surface area contributed by atoms with Gasteiger partial charge in [0, 0.05) is 48.5 Å². The molecule has 1 saturated heterocycles. The van der Waals surface area contributed by atoms with E-state index < -0.39 is 18.4 Å². The zero-order valence-corrected chi connectivity index (χ0v) is 16.6. The van der Waals surface area contributed by atoms with Gasteiger partial charge in [-0.25, -0.2) is 15.0 Å². The van der Waals surface area contributed by atoms with Crippen LogP contribution in [0.4, 0.5) is 24.7 Å². The highest BCUT2D eigenvalue weighted by Crippen LogP contribution is 2.31. The number of rotatable bonds is 5. The first-order chi connectivity index (χ1) is 15.3. The molecule has 1 amide bonds. The van der Waals surface area contributed by atoms with Gasteiger partial charge in [-0.2, -0.15) is 0 Å². The second-order valence-electron chi connectivity index (χ2n) is 7.14. The van der Waals surface area contributed by atoms with Gasteiger partial charge in [0.2, 0.25) is 0 Å². The van der Waals surface area contributed by atoms with Crippen molar-refractivity contribution in [3.8, 4) is 16.9 Å². The van der Waals surface area contributed by atoms with Gasteiger partial charge in [0.1, 0.15) is 17.9 Å². The van der Waals surface area contributed by atoms with Crippen molar-refractivity contribution in [3.05, 3.63) is 60.8 Å². The first kappa shape index (κ1) is 21.5. The Labute approximate surface area is 180 Å². The summed E-state index contributed by atoms with van der Waals surface area (Å²) in [6.45, 7) is 1.04. The number of benzene rings is 1. The minimum atomic E-state index is -4.79. The van der Waals surface area contributed by atoms with Crippen LogP contribution >= 0.6 is 0 Å². The number of β-amino-alcohol motifs (C(OH)–C–C–N with tert-alkyl or cyclic N) is 1. The van der Waals surface area contributed by atoms with Gasteiger partial charge in [-0.3, -0.25) is 4.79 Å². The zero-order chi connectivity index (χ0) is 22.7. The Bertz CT molecular complexity index is 1090. The zero-order valence-electron chi connectivity index (χ0n) is 16.6. The van der Waals surface area contributed by atoms with E-state index in [4.69, 9.17) is 0 Å². The maximum Gasteiger partial charge on any atom is 0.573 e. The SMILES string of the molecule is O=C(Nc1ccc(OC(F)(F)F)cc1)c1cnc(N2CC[C@H](O)C2)c(-c2cncnc2)c1. The van der Waals surface area contributed by atoms with Gasteiger partial charge >= 0.3 is 6.36 Å². The number of amides is 1. The molecule has 1 aromatic carbocycles. The molecule has 0 saturated carbocycles. The number of hydrogen-bond acceptors (Lipinski definition) is 7. The molecule has 8 nitrogen and oxygen atoms in total. The van der Waals surface area contributed by atoms with Crippen LogP contribution in [0.2, 0.25) is 0 Å². The Hall–Kier alpha value is -3.73. The van der Waals surface area contributed by atoms with Gasteiger partial charge in [0.05, 0.1) is 11.7 Å². The quantitative estimate of drug-likeness (QED) is 0.622. The second kappa shape index (κ2) is 8.79. The minimum Gasteiger partial charge on any atom is -0.406 e. The van der Waals surface area contributed by atoms with E-state index in [0.717, 1.165) is 12.1 Å². The van der Waals surface area contributed by atoms with Gasteiger partial charge in [0.15, 0.2) is 0 Å². The van der Waals surface area contributed by atoms with E-state index in [2.05, 4.69) is 25.0 Å². The van der Waals surface area contributed by atoms with Crippen LogP contribution in [-0.4, -0.2) is 51.5 Å². The highest BCUT2D eigenvalue weighted by atomic mass is 19.4. The standard InChI is InChI=1S/C21H18F3N5O3/c22-21(23,24)32-17-3-1-15(2-4-17)28-20(31)13-7-18(14-8-25-12-26-9-14)19(27-10-13)29-6-5-16(30)11-29/h1-4,7-10,12,16,30H,5-6,11H2,(H,28,31)/t16-/m0/s1. The molecule has 0 radical (unpaired) electrons. The lowest BCUT2D eigenvalue weighted by molar-refractivity contribution is -0.274. The number of nitrogens with one attached hydrogen (secondary N) is 1. The van der Waals surface area contributed by atoms with Crippen molar-refractivity contribution < 1.29 is 27.8 Å². The Balaban J connectivity index is 1.57. The number of pyridine rings is 1. The third kappa shape index (κ3) is 5.11. The van der Waals surface area contributed by atoms with Gasteiger partial charge in [-0.05, 0) is 36.8 Å². The predicted molar refractivity (Wildman–Crippen MR) is 109 cm³/mol. The third-order valence-electron chi connectivity index (χ3n) is 4.81. The number of carbonyl (C=O) groups is 1. The third-order valence-corrected chi connectivity index (χ3v) is 4.81. The lowest BCUT2D eigenvalue weighted by atomic mass is 10.1. The Morgan fingerprint density at radius 3 is 2.50 bits per heavy atom. The van der Waals surface area contributed by atoms with Crippen molar-refractivity contribution in [2.45, 2.75) is 18.9 Å². The molecule has 4 rings (SSSR count). The number of halogens is 3. The number of alkyl halides is 3. The van der Waals surface area contributed by atoms with E-state index in [-0.39, 0.29) is 11.3 Å². The fourth-order valence-corrected chi connectivity index (χ4v) is 3.36. The number of nitrogens with zero attached hydrogens (tertiary/aromatic N) is 4. The molecule has 166 valence electrons. The van der Waals surface area contributed by atoms with E-state index in [1.165, 1.54) is 24.7 Å². The topological polar surface area (TPSA) is 100 Å². The maximum absolute atomic E-state index is 12.7. The summed E-state index contributed by atoms with van der Waals surface area (Å²) in [5, 5.41) is 12.5. The normalized spacial score (nSPS) is 16.1. The molecule has 3 heterocycles. The van der Waals surface area contributed by atoms with Crippen LogP contribution in [0.3, 0.4) is 0 Å². The van der Waals surface area contributed by atoms with E-state index >= 15 is 0 Å². The lowest BCUT2D eigenvalue weighted by Crippen LogP contribution is -2.23. The van der Waals surface area contributed by atoms with Crippen LogP contribution in [0, 0.1) is 0 Å². The maximum atomic E-state index is 12.7. The number of aliphatic hydroxyl groups excluding tert-OH is 1. The lowest BCUT2D eigenvalue weighted by Gasteiger charge is -2.20. The minimum absolute atomic E-state index is 0.239. The number of carbonyl (C=O) groups excluding carboxylic acids is 1. The molecule has 1 aliphatic heterocycles. The summed E-state index contributed by atoms with van der Waals surface area (Å²) >= 11 is 0. The molecule has 0 unspecified atom stereocenters. The monoisotopic (exact) mass is 445 g/mol. The van der Waals surface area contributed by atoms with Crippen molar-refractivity contribution >= 4 is 17.4 Å². The summed E-state index contributed by atoms with van der Waals surface area (Å²) in [4.78, 5) is 27.2. The van der Waals surface area contributed by atoms with Crippen LogP contribution in [0.15, 0.2) is 55.2 Å². The summed E-state index contributed by atoms with van der Waals surface area (Å²) < 4.78 is 40.7. The summed E-state index contributed by atoms with van der Waals surface area (Å²) in [6, 6.07) is 6.46. The number of hydrogen-bond donors (Lipinski definition) is 2. The number of aliphatic hydroxyl groups is 1. The summed E-state index contributed by atoms with van der Waals surface area (Å²) in [6.07, 6.45) is 1.36. The van der Waals surface area contributed by atoms with Crippen LogP contribution in [0.25, 0.3) is 11.1 Å². The first-order valence-electron chi connectivity index (χ1n) is 9.64. The van der Waals surface area contributed by atoms with Crippen molar-refractivity contribution in [1.82, 2.24) is 15.0 Å². The van der Waals surface area contributed by atoms with E-state index in [1.807, 2.05) is 4.90 Å². The summed E-state index contributed by atoms with van der Waals surface area (Å²) in [5.74, 6) is -0.282. The highest BCUT2D eigenvalue weighted by molar-refractivity contribution is 6.05. The summed E-state index contributed by atoms with van der Waals surface area (Å²) in [5.41, 5.74) is 1.81. The Kier molecular flexibility index (Phi) is 5.91. The molecule has 0 aliphatic carbocycles. The van der Waals surface area contributed by atoms with Crippen LogP contribution in [0.5, 0.6) is 5.75 Å². The van der Waals surface area contributed by atoms with Crippen LogP contribution in [0.1, 0.15) is 16.8 Å². The number of aromatic nitrogens is 3. The van der Waals surface area contributed by atoms with Crippen molar-refractivity contribution in [2.24, 2.45) is 0 Å². The average molecular weight is 445 g/mol. The molecular formula is C21H18F3N5O3. The smallest absolute Gasteiger partial charge is 0.406 e. The predicted octanol–water partition coefficient (Wildman–Crippen LogP) is 3.26. The molecule has 32 heavy (non-hydrogen) atoms. The molecular weight excluding hydrogens is 427 g/mol. The van der Waals surface area contributed by atoms with E-state index in [0.29, 0.717) is 42.1 Å². The van der Waals surface area contributed by atoms with Gasteiger partial charge in [-0.1, -0.05) is 0 Å². The molecule has 11 heteroatoms. The highest BCUT2D eigenvalue weighted by Gasteiger charge is 2.31. The fourth-order valence-electron chi connectivity index (χ4n) is 3.36. The first-order valence-corrected chi connectivity index (χ1v) is 9.64. The molecule has 1 fully saturated rings. The molecule has 3 aromatic rings.